The van der Waals surface area contributed by atoms with Crippen LogP contribution >= 0.6 is 9.24 Å². The van der Waals surface area contributed by atoms with Gasteiger partial charge in [0.25, 0.3) is 0 Å². The van der Waals surface area contributed by atoms with E-state index in [9.17, 15) is 0 Å². The topological polar surface area (TPSA) is 0 Å². The first-order chi connectivity index (χ1) is 3.79. The van der Waals surface area contributed by atoms with Crippen LogP contribution in [-0.2, 0) is 0 Å². The van der Waals surface area contributed by atoms with Crippen molar-refractivity contribution in [3.8, 4) is 0 Å². The molecule has 0 fully saturated rings. The quantitative estimate of drug-likeness (QED) is 0.437. The van der Waals surface area contributed by atoms with Gasteiger partial charge in [0.05, 0.1) is 0 Å². The predicted molar refractivity (Wildman–Crippen MR) is 40.7 cm³/mol. The molecule has 44 valence electrons. The smallest absolute Gasteiger partial charge is 0.0224 e. The Balaban J connectivity index is 2.58. The van der Waals surface area contributed by atoms with Gasteiger partial charge < -0.3 is 0 Å². The summed E-state index contributed by atoms with van der Waals surface area (Å²) in [5.41, 5.74) is 0. The van der Waals surface area contributed by atoms with E-state index in [-0.39, 0.29) is 0 Å². The molecule has 1 heteroatoms. The lowest BCUT2D eigenvalue weighted by Gasteiger charge is -2.06. The zero-order valence-corrected chi connectivity index (χ0v) is 6.25. The summed E-state index contributed by atoms with van der Waals surface area (Å²) >= 11 is 0. The van der Waals surface area contributed by atoms with Gasteiger partial charge in [-0.2, -0.15) is 0 Å². The highest BCUT2D eigenvalue weighted by Crippen LogP contribution is 2.18. The van der Waals surface area contributed by atoms with Gasteiger partial charge in [-0.25, -0.2) is 0 Å². The molecule has 0 nitrogen and oxygen atoms in total. The molecule has 1 aliphatic carbocycles. The Morgan fingerprint density at radius 1 is 1.75 bits per heavy atom. The van der Waals surface area contributed by atoms with E-state index in [1.165, 1.54) is 11.7 Å². The van der Waals surface area contributed by atoms with E-state index in [0.717, 1.165) is 5.92 Å². The molecule has 0 aromatic heterocycles. The van der Waals surface area contributed by atoms with Crippen LogP contribution in [0.25, 0.3) is 0 Å². The van der Waals surface area contributed by atoms with E-state index in [4.69, 9.17) is 0 Å². The third kappa shape index (κ3) is 1.45. The van der Waals surface area contributed by atoms with Crippen LogP contribution in [0.1, 0.15) is 13.3 Å². The van der Waals surface area contributed by atoms with Crippen LogP contribution in [0.3, 0.4) is 0 Å². The van der Waals surface area contributed by atoms with Crippen molar-refractivity contribution >= 4 is 9.24 Å². The van der Waals surface area contributed by atoms with E-state index in [2.05, 4.69) is 34.4 Å². The summed E-state index contributed by atoms with van der Waals surface area (Å²) in [5.74, 6) is 0.749. The van der Waals surface area contributed by atoms with E-state index in [1.807, 2.05) is 0 Å². The minimum atomic E-state index is 0.749. The Labute approximate surface area is 52.9 Å². The van der Waals surface area contributed by atoms with Crippen LogP contribution in [0.15, 0.2) is 23.5 Å². The molecule has 0 saturated carbocycles. The number of hydrogen-bond acceptors (Lipinski definition) is 0. The molecule has 0 saturated heterocycles. The Kier molecular flexibility index (Phi) is 1.85. The van der Waals surface area contributed by atoms with Gasteiger partial charge in [-0.15, -0.1) is 9.24 Å². The summed E-state index contributed by atoms with van der Waals surface area (Å²) in [6, 6.07) is 0. The molecular weight excluding hydrogens is 115 g/mol. The summed E-state index contributed by atoms with van der Waals surface area (Å²) in [5, 5.41) is 1.32. The first-order valence-electron chi connectivity index (χ1n) is 2.93. The molecule has 1 rings (SSSR count). The van der Waals surface area contributed by atoms with Crippen LogP contribution in [0.2, 0.25) is 0 Å². The molecule has 0 aromatic rings. The molecule has 0 spiro atoms. The molecule has 0 heterocycles. The molecule has 0 aromatic carbocycles. The van der Waals surface area contributed by atoms with Crippen LogP contribution in [0.5, 0.6) is 0 Å². The molecule has 8 heavy (non-hydrogen) atoms. The molecule has 0 bridgehead atoms. The maximum Gasteiger partial charge on any atom is -0.0224 e. The van der Waals surface area contributed by atoms with Crippen LogP contribution in [-0.4, -0.2) is 0 Å². The monoisotopic (exact) mass is 126 g/mol. The zero-order chi connectivity index (χ0) is 5.98. The Bertz CT molecular complexity index is 133. The van der Waals surface area contributed by atoms with Crippen molar-refractivity contribution in [2.75, 3.05) is 0 Å². The maximum atomic E-state index is 2.70. The third-order valence-electron chi connectivity index (χ3n) is 1.34. The second-order valence-electron chi connectivity index (χ2n) is 2.28. The van der Waals surface area contributed by atoms with Crippen molar-refractivity contribution in [1.29, 1.82) is 0 Å². The lowest BCUT2D eigenvalue weighted by atomic mass is 10.0. The predicted octanol–water partition coefficient (Wildman–Crippen LogP) is 2.34. The molecule has 2 atom stereocenters. The highest BCUT2D eigenvalue weighted by atomic mass is 31.0. The van der Waals surface area contributed by atoms with Gasteiger partial charge in [0.1, 0.15) is 0 Å². The number of allylic oxidation sites excluding steroid dienone is 4. The van der Waals surface area contributed by atoms with Crippen molar-refractivity contribution < 1.29 is 0 Å². The van der Waals surface area contributed by atoms with Gasteiger partial charge in [0.15, 0.2) is 0 Å². The van der Waals surface area contributed by atoms with Gasteiger partial charge >= 0.3 is 0 Å². The SMILES string of the molecule is CC1C=CC(P)=CC1. The lowest BCUT2D eigenvalue weighted by Crippen LogP contribution is -1.90. The lowest BCUT2D eigenvalue weighted by molar-refractivity contribution is 0.735. The molecule has 0 aliphatic heterocycles. The fraction of sp³-hybridized carbons (Fsp3) is 0.429. The van der Waals surface area contributed by atoms with Crippen molar-refractivity contribution in [3.63, 3.8) is 0 Å². The standard InChI is InChI=1S/C7H11P/c1-6-2-4-7(8)5-3-6/h2,4-6H,3,8H2,1H3. The third-order valence-corrected chi connectivity index (χ3v) is 1.77. The fourth-order valence-corrected chi connectivity index (χ4v) is 0.991. The first-order valence-corrected chi connectivity index (χ1v) is 3.50. The second kappa shape index (κ2) is 2.46. The van der Waals surface area contributed by atoms with Crippen molar-refractivity contribution in [3.05, 3.63) is 23.5 Å². The average Bonchev–Trinajstić information content (AvgIpc) is 1.77. The highest BCUT2D eigenvalue weighted by molar-refractivity contribution is 7.22. The van der Waals surface area contributed by atoms with Gasteiger partial charge in [-0.1, -0.05) is 25.2 Å². The molecule has 1 aliphatic rings. The highest BCUT2D eigenvalue weighted by Gasteiger charge is 1.97. The average molecular weight is 126 g/mol. The number of rotatable bonds is 0. The largest absolute Gasteiger partial charge is 0.106 e. The van der Waals surface area contributed by atoms with Crippen LogP contribution < -0.4 is 0 Å². The number of hydrogen-bond donors (Lipinski definition) is 0. The maximum absolute atomic E-state index is 2.70. The normalized spacial score (nSPS) is 27.8. The Morgan fingerprint density at radius 3 is 2.88 bits per heavy atom. The van der Waals surface area contributed by atoms with Gasteiger partial charge in [-0.05, 0) is 17.7 Å². The molecule has 0 radical (unpaired) electrons. The van der Waals surface area contributed by atoms with Gasteiger partial charge in [-0.3, -0.25) is 0 Å². The van der Waals surface area contributed by atoms with E-state index < -0.39 is 0 Å². The fourth-order valence-electron chi connectivity index (χ4n) is 0.744. The molecular formula is C7H11P. The zero-order valence-electron chi connectivity index (χ0n) is 5.09. The van der Waals surface area contributed by atoms with Gasteiger partial charge in [0, 0.05) is 0 Å². The minimum Gasteiger partial charge on any atom is -0.106 e. The minimum absolute atomic E-state index is 0.749. The second-order valence-corrected chi connectivity index (χ2v) is 2.94. The summed E-state index contributed by atoms with van der Waals surface area (Å²) in [4.78, 5) is 0. The Hall–Kier alpha value is -0.0900. The van der Waals surface area contributed by atoms with Crippen molar-refractivity contribution in [1.82, 2.24) is 0 Å². The summed E-state index contributed by atoms with van der Waals surface area (Å²) in [7, 11) is 2.70. The summed E-state index contributed by atoms with van der Waals surface area (Å²) < 4.78 is 0. The first kappa shape index (κ1) is 6.04. The van der Waals surface area contributed by atoms with E-state index in [1.54, 1.807) is 0 Å². The van der Waals surface area contributed by atoms with Gasteiger partial charge in [0.2, 0.25) is 0 Å². The van der Waals surface area contributed by atoms with Crippen molar-refractivity contribution in [2.45, 2.75) is 13.3 Å². The van der Waals surface area contributed by atoms with E-state index in [0.29, 0.717) is 0 Å². The molecule has 2 unspecified atom stereocenters. The molecule has 0 N–H and O–H groups in total. The van der Waals surface area contributed by atoms with Crippen LogP contribution in [0, 0.1) is 5.92 Å². The Morgan fingerprint density at radius 2 is 2.50 bits per heavy atom. The summed E-state index contributed by atoms with van der Waals surface area (Å²) in [6.45, 7) is 2.23. The van der Waals surface area contributed by atoms with Crippen LogP contribution in [0.4, 0.5) is 0 Å². The summed E-state index contributed by atoms with van der Waals surface area (Å²) in [6.07, 6.45) is 7.84. The van der Waals surface area contributed by atoms with E-state index >= 15 is 0 Å². The molecule has 0 amide bonds. The van der Waals surface area contributed by atoms with Crippen molar-refractivity contribution in [2.24, 2.45) is 5.92 Å².